The van der Waals surface area contributed by atoms with E-state index in [1.165, 1.54) is 30.7 Å². The molecule has 0 saturated heterocycles. The number of benzene rings is 2. The Morgan fingerprint density at radius 3 is 2.52 bits per heavy atom. The maximum absolute atomic E-state index is 13.7. The normalized spacial score (nSPS) is 14.1. The molecule has 1 saturated carbocycles. The summed E-state index contributed by atoms with van der Waals surface area (Å²) in [4.78, 5) is 4.69. The minimum Gasteiger partial charge on any atom is -0.216 e. The van der Waals surface area contributed by atoms with Crippen LogP contribution < -0.4 is 0 Å². The van der Waals surface area contributed by atoms with Gasteiger partial charge in [0.1, 0.15) is 11.6 Å². The third kappa shape index (κ3) is 3.15. The third-order valence-corrected chi connectivity index (χ3v) is 4.76. The van der Waals surface area contributed by atoms with Gasteiger partial charge in [-0.05, 0) is 36.6 Å². The molecule has 1 aromatic heterocycles. The van der Waals surface area contributed by atoms with Gasteiger partial charge in [0.2, 0.25) is 5.16 Å². The average Bonchev–Trinajstić information content (AvgIpc) is 3.35. The highest BCUT2D eigenvalue weighted by Crippen LogP contribution is 2.40. The number of rotatable bonds is 5. The van der Waals surface area contributed by atoms with Gasteiger partial charge in [-0.25, -0.2) is 14.1 Å². The van der Waals surface area contributed by atoms with Gasteiger partial charge in [-0.15, -0.1) is 5.10 Å². The van der Waals surface area contributed by atoms with Crippen LogP contribution in [0, 0.1) is 5.82 Å². The zero-order valence-electron chi connectivity index (χ0n) is 12.5. The Labute approximate surface area is 138 Å². The number of nitrogens with zero attached hydrogens (tertiary/aromatic N) is 3. The molecule has 0 amide bonds. The summed E-state index contributed by atoms with van der Waals surface area (Å²) in [6, 6.07) is 16.9. The summed E-state index contributed by atoms with van der Waals surface area (Å²) < 4.78 is 15.7. The zero-order valence-corrected chi connectivity index (χ0v) is 13.3. The molecule has 3 nitrogen and oxygen atoms in total. The number of hydrogen-bond donors (Lipinski definition) is 0. The van der Waals surface area contributed by atoms with Crippen LogP contribution >= 0.6 is 11.8 Å². The first-order valence-electron chi connectivity index (χ1n) is 7.70. The van der Waals surface area contributed by atoms with Gasteiger partial charge in [-0.1, -0.05) is 48.2 Å². The van der Waals surface area contributed by atoms with Crippen molar-refractivity contribution in [3.05, 3.63) is 71.8 Å². The number of para-hydroxylation sites is 1. The Hall–Kier alpha value is -2.14. The highest BCUT2D eigenvalue weighted by Gasteiger charge is 2.30. The predicted molar refractivity (Wildman–Crippen MR) is 89.3 cm³/mol. The smallest absolute Gasteiger partial charge is 0.209 e. The molecule has 5 heteroatoms. The second-order valence-corrected chi connectivity index (χ2v) is 6.60. The monoisotopic (exact) mass is 325 g/mol. The molecule has 0 spiro atoms. The van der Waals surface area contributed by atoms with Gasteiger partial charge < -0.3 is 0 Å². The summed E-state index contributed by atoms with van der Waals surface area (Å²) in [5.74, 6) is 1.89. The minimum atomic E-state index is -0.176. The molecule has 2 aromatic carbocycles. The van der Waals surface area contributed by atoms with Crippen molar-refractivity contribution in [2.45, 2.75) is 29.7 Å². The molecule has 0 bridgehead atoms. The molecule has 1 aliphatic carbocycles. The van der Waals surface area contributed by atoms with E-state index >= 15 is 0 Å². The molecule has 3 aromatic rings. The topological polar surface area (TPSA) is 30.7 Å². The summed E-state index contributed by atoms with van der Waals surface area (Å²) in [5.41, 5.74) is 1.71. The lowest BCUT2D eigenvalue weighted by Gasteiger charge is -2.03. The van der Waals surface area contributed by atoms with E-state index in [2.05, 4.69) is 10.1 Å². The van der Waals surface area contributed by atoms with E-state index in [1.807, 2.05) is 41.1 Å². The number of thioether (sulfide) groups is 1. The molecule has 1 fully saturated rings. The maximum atomic E-state index is 13.7. The van der Waals surface area contributed by atoms with Crippen LogP contribution in [0.3, 0.4) is 0 Å². The van der Waals surface area contributed by atoms with Gasteiger partial charge in [0.25, 0.3) is 0 Å². The lowest BCUT2D eigenvalue weighted by molar-refractivity contribution is 0.617. The summed E-state index contributed by atoms with van der Waals surface area (Å²) >= 11 is 1.48. The van der Waals surface area contributed by atoms with Gasteiger partial charge in [-0.2, -0.15) is 0 Å². The van der Waals surface area contributed by atoms with E-state index < -0.39 is 0 Å². The highest BCUT2D eigenvalue weighted by atomic mass is 32.2. The first kappa shape index (κ1) is 14.5. The first-order chi connectivity index (χ1) is 11.3. The Morgan fingerprint density at radius 1 is 1.04 bits per heavy atom. The van der Waals surface area contributed by atoms with E-state index in [0.717, 1.165) is 11.5 Å². The molecule has 4 rings (SSSR count). The number of hydrogen-bond acceptors (Lipinski definition) is 3. The second kappa shape index (κ2) is 6.16. The van der Waals surface area contributed by atoms with Gasteiger partial charge in [0.15, 0.2) is 0 Å². The molecule has 1 aliphatic rings. The minimum absolute atomic E-state index is 0.176. The van der Waals surface area contributed by atoms with Gasteiger partial charge >= 0.3 is 0 Å². The molecular formula is C18H16FN3S. The Balaban J connectivity index is 1.59. The molecule has 0 atom stereocenters. The van der Waals surface area contributed by atoms with Crippen LogP contribution in [0.25, 0.3) is 5.69 Å². The van der Waals surface area contributed by atoms with Crippen molar-refractivity contribution in [2.24, 2.45) is 0 Å². The van der Waals surface area contributed by atoms with Crippen LogP contribution in [0.4, 0.5) is 4.39 Å². The summed E-state index contributed by atoms with van der Waals surface area (Å²) in [5, 5.41) is 5.34. The van der Waals surface area contributed by atoms with E-state index in [1.54, 1.807) is 12.1 Å². The third-order valence-electron chi connectivity index (χ3n) is 3.87. The van der Waals surface area contributed by atoms with Crippen molar-refractivity contribution in [1.29, 1.82) is 0 Å². The molecule has 0 unspecified atom stereocenters. The van der Waals surface area contributed by atoms with Gasteiger partial charge in [0.05, 0.1) is 5.69 Å². The second-order valence-electron chi connectivity index (χ2n) is 5.65. The van der Waals surface area contributed by atoms with Crippen LogP contribution in [0.5, 0.6) is 0 Å². The van der Waals surface area contributed by atoms with E-state index in [0.29, 0.717) is 22.4 Å². The molecule has 0 aliphatic heterocycles. The highest BCUT2D eigenvalue weighted by molar-refractivity contribution is 7.98. The summed E-state index contributed by atoms with van der Waals surface area (Å²) in [6.07, 6.45) is 2.34. The fraction of sp³-hybridized carbons (Fsp3) is 0.222. The molecular weight excluding hydrogens is 309 g/mol. The molecule has 23 heavy (non-hydrogen) atoms. The van der Waals surface area contributed by atoms with Gasteiger partial charge in [-0.3, -0.25) is 0 Å². The van der Waals surface area contributed by atoms with Crippen molar-refractivity contribution >= 4 is 11.8 Å². The zero-order chi connectivity index (χ0) is 15.6. The van der Waals surface area contributed by atoms with E-state index in [9.17, 15) is 4.39 Å². The van der Waals surface area contributed by atoms with E-state index in [4.69, 9.17) is 0 Å². The largest absolute Gasteiger partial charge is 0.216 e. The van der Waals surface area contributed by atoms with Crippen molar-refractivity contribution in [2.75, 3.05) is 0 Å². The number of aromatic nitrogens is 3. The summed E-state index contributed by atoms with van der Waals surface area (Å²) in [6.45, 7) is 0. The fourth-order valence-corrected chi connectivity index (χ4v) is 3.30. The lowest BCUT2D eigenvalue weighted by atomic mass is 10.2. The lowest BCUT2D eigenvalue weighted by Crippen LogP contribution is -2.01. The first-order valence-corrected chi connectivity index (χ1v) is 8.68. The van der Waals surface area contributed by atoms with Gasteiger partial charge in [0, 0.05) is 11.7 Å². The molecule has 0 radical (unpaired) electrons. The number of halogens is 1. The molecule has 1 heterocycles. The Bertz CT molecular complexity index is 812. The maximum Gasteiger partial charge on any atom is 0.209 e. The fourth-order valence-electron chi connectivity index (χ4n) is 2.49. The Kier molecular flexibility index (Phi) is 3.87. The van der Waals surface area contributed by atoms with Crippen LogP contribution in [0.2, 0.25) is 0 Å². The van der Waals surface area contributed by atoms with E-state index in [-0.39, 0.29) is 5.82 Å². The quantitative estimate of drug-likeness (QED) is 0.644. The van der Waals surface area contributed by atoms with Crippen molar-refractivity contribution in [1.82, 2.24) is 14.8 Å². The van der Waals surface area contributed by atoms with Crippen LogP contribution in [-0.4, -0.2) is 14.8 Å². The van der Waals surface area contributed by atoms with Crippen LogP contribution in [-0.2, 0) is 5.75 Å². The van der Waals surface area contributed by atoms with Crippen LogP contribution in [0.1, 0.15) is 30.1 Å². The molecule has 116 valence electrons. The SMILES string of the molecule is Fc1ccccc1CSc1nc(C2CC2)n(-c2ccccc2)n1. The van der Waals surface area contributed by atoms with Crippen molar-refractivity contribution in [3.63, 3.8) is 0 Å². The Morgan fingerprint density at radius 2 is 1.78 bits per heavy atom. The standard InChI is InChI=1S/C18H16FN3S/c19-16-9-5-4-6-14(16)12-23-18-20-17(13-10-11-13)22(21-18)15-7-2-1-3-8-15/h1-9,13H,10-12H2. The van der Waals surface area contributed by atoms with Crippen molar-refractivity contribution < 1.29 is 4.39 Å². The summed E-state index contributed by atoms with van der Waals surface area (Å²) in [7, 11) is 0. The predicted octanol–water partition coefficient (Wildman–Crippen LogP) is 4.58. The van der Waals surface area contributed by atoms with Crippen LogP contribution in [0.15, 0.2) is 59.8 Å². The average molecular weight is 325 g/mol. The molecule has 0 N–H and O–H groups in total. The van der Waals surface area contributed by atoms with Crippen molar-refractivity contribution in [3.8, 4) is 5.69 Å².